The Morgan fingerprint density at radius 1 is 1.35 bits per heavy atom. The molecule has 0 unspecified atom stereocenters. The Labute approximate surface area is 129 Å². The van der Waals surface area contributed by atoms with E-state index in [0.717, 1.165) is 28.5 Å². The molecule has 0 radical (unpaired) electrons. The Hall–Kier alpha value is -1.40. The summed E-state index contributed by atoms with van der Waals surface area (Å²) in [5.41, 5.74) is 1.25. The third kappa shape index (κ3) is 3.80. The number of benzene rings is 1. The number of hydrogen-bond donors (Lipinski definition) is 1. The van der Waals surface area contributed by atoms with Gasteiger partial charge in [-0.1, -0.05) is 25.1 Å². The Bertz CT molecular complexity index is 634. The number of nitrogens with zero attached hydrogens (tertiary/aromatic N) is 2. The summed E-state index contributed by atoms with van der Waals surface area (Å²) in [7, 11) is 0. The number of aryl methyl sites for hydroxylation is 1. The first kappa shape index (κ1) is 15.0. The van der Waals surface area contributed by atoms with Crippen LogP contribution in [0.1, 0.15) is 29.4 Å². The fraction of sp³-hybridized carbons (Fsp3) is 0.214. The van der Waals surface area contributed by atoms with Crippen LogP contribution in [0, 0.1) is 0 Å². The zero-order chi connectivity index (χ0) is 14.5. The van der Waals surface area contributed by atoms with Gasteiger partial charge in [0.1, 0.15) is 11.4 Å². The number of rotatable bonds is 5. The highest BCUT2D eigenvalue weighted by Crippen LogP contribution is 2.29. The molecule has 1 N–H and O–H groups in total. The van der Waals surface area contributed by atoms with Crippen LogP contribution in [0.15, 0.2) is 45.0 Å². The molecule has 1 heterocycles. The summed E-state index contributed by atoms with van der Waals surface area (Å²) in [6.45, 7) is 2.10. The van der Waals surface area contributed by atoms with E-state index in [1.54, 1.807) is 18.5 Å². The predicted molar refractivity (Wildman–Crippen MR) is 81.3 cm³/mol. The van der Waals surface area contributed by atoms with Crippen LogP contribution in [-0.4, -0.2) is 21.0 Å². The van der Waals surface area contributed by atoms with Crippen LogP contribution >= 0.6 is 27.7 Å². The Balaban J connectivity index is 2.23. The molecular weight excluding hydrogens is 340 g/mol. The molecule has 1 aromatic carbocycles. The van der Waals surface area contributed by atoms with E-state index in [2.05, 4.69) is 32.8 Å². The van der Waals surface area contributed by atoms with Crippen molar-refractivity contribution < 1.29 is 9.90 Å². The van der Waals surface area contributed by atoms with Crippen LogP contribution in [0.25, 0.3) is 0 Å². The van der Waals surface area contributed by atoms with E-state index in [0.29, 0.717) is 4.47 Å². The van der Waals surface area contributed by atoms with Crippen molar-refractivity contribution >= 4 is 33.7 Å². The molecule has 0 aliphatic heterocycles. The third-order valence-corrected chi connectivity index (χ3v) is 4.21. The smallest absolute Gasteiger partial charge is 0.336 e. The molecule has 2 aromatic rings. The molecular formula is C14H13BrN2O2S. The quantitative estimate of drug-likeness (QED) is 0.822. The lowest BCUT2D eigenvalue weighted by atomic mass is 10.2. The zero-order valence-corrected chi connectivity index (χ0v) is 13.2. The molecule has 0 bridgehead atoms. The average molecular weight is 353 g/mol. The van der Waals surface area contributed by atoms with E-state index in [9.17, 15) is 4.79 Å². The predicted octanol–water partition coefficient (Wildman–Crippen LogP) is 4.04. The second kappa shape index (κ2) is 6.85. The maximum atomic E-state index is 11.1. The van der Waals surface area contributed by atoms with Gasteiger partial charge in [0.25, 0.3) is 0 Å². The van der Waals surface area contributed by atoms with Gasteiger partial charge in [-0.25, -0.2) is 14.8 Å². The molecule has 1 aromatic heterocycles. The molecule has 0 atom stereocenters. The second-order valence-electron chi connectivity index (χ2n) is 4.15. The summed E-state index contributed by atoms with van der Waals surface area (Å²) < 4.78 is 0.573. The van der Waals surface area contributed by atoms with Crippen LogP contribution in [-0.2, 0) is 6.42 Å². The van der Waals surface area contributed by atoms with Crippen molar-refractivity contribution in [2.75, 3.05) is 0 Å². The largest absolute Gasteiger partial charge is 0.478 e. The summed E-state index contributed by atoms with van der Waals surface area (Å²) in [4.78, 5) is 20.4. The molecule has 2 rings (SSSR count). The minimum atomic E-state index is -0.950. The molecule has 0 saturated heterocycles. The van der Waals surface area contributed by atoms with Gasteiger partial charge in [0.05, 0.1) is 5.56 Å². The normalized spacial score (nSPS) is 10.5. The molecule has 0 aliphatic rings. The number of aromatic carboxylic acids is 1. The van der Waals surface area contributed by atoms with E-state index in [1.165, 1.54) is 11.8 Å². The first-order chi connectivity index (χ1) is 9.60. The molecule has 6 heteroatoms. The number of aromatic nitrogens is 2. The van der Waals surface area contributed by atoms with Gasteiger partial charge < -0.3 is 5.11 Å². The highest BCUT2D eigenvalue weighted by atomic mass is 79.9. The van der Waals surface area contributed by atoms with Crippen LogP contribution in [0.4, 0.5) is 0 Å². The van der Waals surface area contributed by atoms with E-state index < -0.39 is 5.97 Å². The van der Waals surface area contributed by atoms with Crippen LogP contribution in [0.2, 0.25) is 0 Å². The maximum absolute atomic E-state index is 11.1. The maximum Gasteiger partial charge on any atom is 0.336 e. The van der Waals surface area contributed by atoms with Crippen molar-refractivity contribution in [3.63, 3.8) is 0 Å². The zero-order valence-electron chi connectivity index (χ0n) is 10.8. The number of carboxylic acids is 1. The highest BCUT2D eigenvalue weighted by Gasteiger charge is 2.10. The molecule has 20 heavy (non-hydrogen) atoms. The summed E-state index contributed by atoms with van der Waals surface area (Å²) in [6, 6.07) is 7.18. The van der Waals surface area contributed by atoms with E-state index in [-0.39, 0.29) is 5.56 Å². The van der Waals surface area contributed by atoms with Crippen molar-refractivity contribution in [1.29, 1.82) is 0 Å². The summed E-state index contributed by atoms with van der Waals surface area (Å²) in [5.74, 6) is -0.950. The van der Waals surface area contributed by atoms with Gasteiger partial charge >= 0.3 is 5.97 Å². The van der Waals surface area contributed by atoms with Crippen molar-refractivity contribution in [3.05, 3.63) is 46.3 Å². The van der Waals surface area contributed by atoms with Crippen LogP contribution in [0.5, 0.6) is 0 Å². The third-order valence-electron chi connectivity index (χ3n) is 2.60. The van der Waals surface area contributed by atoms with Crippen LogP contribution < -0.4 is 0 Å². The number of carbonyl (C=O) groups is 1. The number of halogens is 1. The lowest BCUT2D eigenvalue weighted by Gasteiger charge is -2.05. The molecule has 0 saturated carbocycles. The molecule has 0 spiro atoms. The second-order valence-corrected chi connectivity index (χ2v) is 6.09. The number of carboxylic acid groups (broad SMARTS) is 1. The topological polar surface area (TPSA) is 63.1 Å². The van der Waals surface area contributed by atoms with Gasteiger partial charge in [-0.3, -0.25) is 0 Å². The SMILES string of the molecule is CCCc1cc(Sc2ccc(Br)c(C(=O)O)c2)ncn1. The van der Waals surface area contributed by atoms with Crippen LogP contribution in [0.3, 0.4) is 0 Å². The van der Waals surface area contributed by atoms with Gasteiger partial charge in [-0.15, -0.1) is 0 Å². The first-order valence-corrected chi connectivity index (χ1v) is 7.72. The first-order valence-electron chi connectivity index (χ1n) is 6.11. The average Bonchev–Trinajstić information content (AvgIpc) is 2.41. The van der Waals surface area contributed by atoms with Gasteiger partial charge in [-0.05, 0) is 46.6 Å². The van der Waals surface area contributed by atoms with Gasteiger partial charge in [0, 0.05) is 15.1 Å². The fourth-order valence-electron chi connectivity index (χ4n) is 1.68. The monoisotopic (exact) mass is 352 g/mol. The lowest BCUT2D eigenvalue weighted by Crippen LogP contribution is -1.97. The molecule has 104 valence electrons. The standard InChI is InChI=1S/C14H13BrN2O2S/c1-2-3-9-6-13(17-8-16-9)20-10-4-5-12(15)11(7-10)14(18)19/h4-8H,2-3H2,1H3,(H,18,19). The van der Waals surface area contributed by atoms with Crippen molar-refractivity contribution in [2.45, 2.75) is 29.7 Å². The Morgan fingerprint density at radius 2 is 2.15 bits per heavy atom. The van der Waals surface area contributed by atoms with Crippen molar-refractivity contribution in [3.8, 4) is 0 Å². The summed E-state index contributed by atoms with van der Waals surface area (Å²) in [6.07, 6.45) is 3.49. The van der Waals surface area contributed by atoms with Crippen molar-refractivity contribution in [1.82, 2.24) is 9.97 Å². The Kier molecular flexibility index (Phi) is 5.14. The fourth-order valence-corrected chi connectivity index (χ4v) is 2.94. The summed E-state index contributed by atoms with van der Waals surface area (Å²) in [5, 5.41) is 9.93. The molecule has 0 fully saturated rings. The van der Waals surface area contributed by atoms with E-state index >= 15 is 0 Å². The highest BCUT2D eigenvalue weighted by molar-refractivity contribution is 9.10. The molecule has 4 nitrogen and oxygen atoms in total. The molecule has 0 amide bonds. The number of hydrogen-bond acceptors (Lipinski definition) is 4. The van der Waals surface area contributed by atoms with Gasteiger partial charge in [0.15, 0.2) is 0 Å². The minimum absolute atomic E-state index is 0.248. The van der Waals surface area contributed by atoms with Gasteiger partial charge in [-0.2, -0.15) is 0 Å². The van der Waals surface area contributed by atoms with E-state index in [4.69, 9.17) is 5.11 Å². The van der Waals surface area contributed by atoms with Gasteiger partial charge in [0.2, 0.25) is 0 Å². The van der Waals surface area contributed by atoms with Crippen molar-refractivity contribution in [2.24, 2.45) is 0 Å². The Morgan fingerprint density at radius 3 is 2.85 bits per heavy atom. The lowest BCUT2D eigenvalue weighted by molar-refractivity contribution is 0.0695. The summed E-state index contributed by atoms with van der Waals surface area (Å²) >= 11 is 4.67. The minimum Gasteiger partial charge on any atom is -0.478 e. The van der Waals surface area contributed by atoms with E-state index in [1.807, 2.05) is 12.1 Å². The molecule has 0 aliphatic carbocycles.